The van der Waals surface area contributed by atoms with E-state index >= 15 is 0 Å². The molecule has 1 rings (SSSR count). The topological polar surface area (TPSA) is 49.4 Å². The van der Waals surface area contributed by atoms with Crippen LogP contribution in [0.25, 0.3) is 0 Å². The minimum Gasteiger partial charge on any atom is -0.300 e. The molecule has 0 aromatic rings. The molecule has 1 fully saturated rings. The van der Waals surface area contributed by atoms with Crippen LogP contribution in [0.4, 0.5) is 0 Å². The largest absolute Gasteiger partial charge is 0.300 e. The first-order chi connectivity index (χ1) is 6.59. The number of rotatable bonds is 7. The van der Waals surface area contributed by atoms with E-state index in [0.29, 0.717) is 19.1 Å². The number of hydrogen-bond donors (Lipinski definition) is 1. The molecule has 0 bridgehead atoms. The Morgan fingerprint density at radius 2 is 2.00 bits per heavy atom. The minimum absolute atomic E-state index is 0.227. The Morgan fingerprint density at radius 1 is 1.36 bits per heavy atom. The maximum absolute atomic E-state index is 11.4. The fourth-order valence-electron chi connectivity index (χ4n) is 1.57. The molecule has 0 aliphatic heterocycles. The summed E-state index contributed by atoms with van der Waals surface area (Å²) in [6, 6.07) is 0.650. The van der Waals surface area contributed by atoms with Crippen molar-refractivity contribution in [3.05, 3.63) is 0 Å². The van der Waals surface area contributed by atoms with Crippen LogP contribution in [0.2, 0.25) is 0 Å². The maximum Gasteiger partial charge on any atom is 0.212 e. The molecule has 0 amide bonds. The average molecular weight is 220 g/mol. The van der Waals surface area contributed by atoms with Crippen LogP contribution in [0, 0.1) is 0 Å². The van der Waals surface area contributed by atoms with Gasteiger partial charge in [0.2, 0.25) is 10.0 Å². The SMILES string of the molecule is CCNS(=O)(=O)CCN(CC)C1CC1. The Bertz CT molecular complexity index is 260. The van der Waals surface area contributed by atoms with E-state index < -0.39 is 10.0 Å². The van der Waals surface area contributed by atoms with Gasteiger partial charge in [-0.1, -0.05) is 13.8 Å². The fourth-order valence-corrected chi connectivity index (χ4v) is 2.63. The van der Waals surface area contributed by atoms with Gasteiger partial charge in [0.15, 0.2) is 0 Å². The van der Waals surface area contributed by atoms with Crippen molar-refractivity contribution in [3.63, 3.8) is 0 Å². The zero-order chi connectivity index (χ0) is 10.6. The van der Waals surface area contributed by atoms with E-state index in [1.165, 1.54) is 12.8 Å². The second-order valence-electron chi connectivity index (χ2n) is 3.68. The molecule has 5 heteroatoms. The lowest BCUT2D eigenvalue weighted by Crippen LogP contribution is -2.35. The van der Waals surface area contributed by atoms with Gasteiger partial charge >= 0.3 is 0 Å². The fraction of sp³-hybridized carbons (Fsp3) is 1.00. The van der Waals surface area contributed by atoms with Crippen molar-refractivity contribution in [2.75, 3.05) is 25.4 Å². The summed E-state index contributed by atoms with van der Waals surface area (Å²) in [5.74, 6) is 0.227. The van der Waals surface area contributed by atoms with E-state index in [1.807, 2.05) is 0 Å². The lowest BCUT2D eigenvalue weighted by Gasteiger charge is -2.19. The molecule has 1 aliphatic carbocycles. The Kier molecular flexibility index (Phi) is 4.34. The van der Waals surface area contributed by atoms with Crippen LogP contribution in [0.1, 0.15) is 26.7 Å². The van der Waals surface area contributed by atoms with E-state index in [1.54, 1.807) is 6.92 Å². The van der Waals surface area contributed by atoms with Crippen LogP contribution in [0.15, 0.2) is 0 Å². The van der Waals surface area contributed by atoms with E-state index in [9.17, 15) is 8.42 Å². The molecule has 0 unspecified atom stereocenters. The summed E-state index contributed by atoms with van der Waals surface area (Å²) >= 11 is 0. The first-order valence-corrected chi connectivity index (χ1v) is 6.95. The summed E-state index contributed by atoms with van der Waals surface area (Å²) in [6.45, 7) is 5.98. The van der Waals surface area contributed by atoms with Gasteiger partial charge in [-0.15, -0.1) is 0 Å². The highest BCUT2D eigenvalue weighted by Gasteiger charge is 2.28. The van der Waals surface area contributed by atoms with Crippen LogP contribution in [-0.2, 0) is 10.0 Å². The maximum atomic E-state index is 11.4. The predicted octanol–water partition coefficient (Wildman–Crippen LogP) is 0.410. The zero-order valence-corrected chi connectivity index (χ0v) is 9.81. The smallest absolute Gasteiger partial charge is 0.212 e. The number of nitrogens with zero attached hydrogens (tertiary/aromatic N) is 1. The highest BCUT2D eigenvalue weighted by atomic mass is 32.2. The zero-order valence-electron chi connectivity index (χ0n) is 8.99. The van der Waals surface area contributed by atoms with Gasteiger partial charge in [0.1, 0.15) is 0 Å². The molecule has 0 atom stereocenters. The van der Waals surface area contributed by atoms with Gasteiger partial charge in [-0.25, -0.2) is 13.1 Å². The van der Waals surface area contributed by atoms with Crippen LogP contribution < -0.4 is 4.72 Å². The van der Waals surface area contributed by atoms with Crippen molar-refractivity contribution >= 4 is 10.0 Å². The van der Waals surface area contributed by atoms with Crippen LogP contribution >= 0.6 is 0 Å². The summed E-state index contributed by atoms with van der Waals surface area (Å²) in [5.41, 5.74) is 0. The Morgan fingerprint density at radius 3 is 2.43 bits per heavy atom. The summed E-state index contributed by atoms with van der Waals surface area (Å²) in [5, 5.41) is 0. The highest BCUT2D eigenvalue weighted by Crippen LogP contribution is 2.26. The van der Waals surface area contributed by atoms with E-state index in [-0.39, 0.29) is 5.75 Å². The Balaban J connectivity index is 2.30. The third-order valence-corrected chi connectivity index (χ3v) is 3.93. The second kappa shape index (κ2) is 5.09. The van der Waals surface area contributed by atoms with Crippen LogP contribution in [0.3, 0.4) is 0 Å². The molecule has 0 heterocycles. The summed E-state index contributed by atoms with van der Waals surface area (Å²) in [7, 11) is -3.03. The minimum atomic E-state index is -3.03. The van der Waals surface area contributed by atoms with Gasteiger partial charge in [0.05, 0.1) is 5.75 Å². The van der Waals surface area contributed by atoms with Gasteiger partial charge < -0.3 is 0 Å². The molecule has 4 nitrogen and oxygen atoms in total. The molecule has 1 N–H and O–H groups in total. The van der Waals surface area contributed by atoms with Crippen molar-refractivity contribution < 1.29 is 8.42 Å². The van der Waals surface area contributed by atoms with Crippen molar-refractivity contribution in [2.24, 2.45) is 0 Å². The molecule has 0 aromatic carbocycles. The lowest BCUT2D eigenvalue weighted by molar-refractivity contribution is 0.294. The first-order valence-electron chi connectivity index (χ1n) is 5.30. The number of sulfonamides is 1. The third-order valence-electron chi connectivity index (χ3n) is 2.48. The summed E-state index contributed by atoms with van der Waals surface area (Å²) < 4.78 is 25.2. The second-order valence-corrected chi connectivity index (χ2v) is 5.60. The normalized spacial score (nSPS) is 17.6. The van der Waals surface area contributed by atoms with Crippen LogP contribution in [0.5, 0.6) is 0 Å². The van der Waals surface area contributed by atoms with Gasteiger partial charge in [-0.05, 0) is 19.4 Å². The summed E-state index contributed by atoms with van der Waals surface area (Å²) in [6.07, 6.45) is 2.46. The van der Waals surface area contributed by atoms with Gasteiger partial charge in [-0.3, -0.25) is 4.90 Å². The van der Waals surface area contributed by atoms with Gasteiger partial charge in [-0.2, -0.15) is 0 Å². The molecule has 14 heavy (non-hydrogen) atoms. The van der Waals surface area contributed by atoms with Crippen LogP contribution in [-0.4, -0.2) is 44.7 Å². The van der Waals surface area contributed by atoms with Gasteiger partial charge in [0.25, 0.3) is 0 Å². The van der Waals surface area contributed by atoms with Crippen molar-refractivity contribution in [1.29, 1.82) is 0 Å². The molecular weight excluding hydrogens is 200 g/mol. The third kappa shape index (κ3) is 3.94. The molecule has 0 saturated heterocycles. The Hall–Kier alpha value is -0.130. The molecule has 84 valence electrons. The lowest BCUT2D eigenvalue weighted by atomic mass is 10.5. The molecule has 0 aromatic heterocycles. The van der Waals surface area contributed by atoms with Crippen molar-refractivity contribution in [1.82, 2.24) is 9.62 Å². The molecular formula is C9H20N2O2S. The van der Waals surface area contributed by atoms with Crippen molar-refractivity contribution in [3.8, 4) is 0 Å². The van der Waals surface area contributed by atoms with E-state index in [2.05, 4.69) is 16.5 Å². The number of hydrogen-bond acceptors (Lipinski definition) is 3. The monoisotopic (exact) mass is 220 g/mol. The van der Waals surface area contributed by atoms with Crippen molar-refractivity contribution in [2.45, 2.75) is 32.7 Å². The highest BCUT2D eigenvalue weighted by molar-refractivity contribution is 7.89. The Labute approximate surface area is 86.7 Å². The standard InChI is InChI=1S/C9H20N2O2S/c1-3-10-14(12,13)8-7-11(4-2)9-5-6-9/h9-10H,3-8H2,1-2H3. The molecule has 0 radical (unpaired) electrons. The molecule has 1 saturated carbocycles. The van der Waals surface area contributed by atoms with E-state index in [4.69, 9.17) is 0 Å². The average Bonchev–Trinajstić information content (AvgIpc) is 2.89. The first kappa shape index (κ1) is 11.9. The predicted molar refractivity (Wildman–Crippen MR) is 57.7 cm³/mol. The number of nitrogens with one attached hydrogen (secondary N) is 1. The van der Waals surface area contributed by atoms with E-state index in [0.717, 1.165) is 6.54 Å². The summed E-state index contributed by atoms with van der Waals surface area (Å²) in [4.78, 5) is 2.24. The molecule has 0 spiro atoms. The quantitative estimate of drug-likeness (QED) is 0.676. The van der Waals surface area contributed by atoms with Gasteiger partial charge in [0, 0.05) is 19.1 Å². The molecule has 1 aliphatic rings.